The number of hydrogen-bond acceptors (Lipinski definition) is 1. The van der Waals surface area contributed by atoms with Gasteiger partial charge in [-0.3, -0.25) is 0 Å². The van der Waals surface area contributed by atoms with E-state index in [9.17, 15) is 0 Å². The van der Waals surface area contributed by atoms with Gasteiger partial charge in [0.15, 0.2) is 6.71 Å². The van der Waals surface area contributed by atoms with Crippen LogP contribution < -0.4 is 10.4 Å². The monoisotopic (exact) mass is 537 g/mol. The minimum atomic E-state index is 0.382. The molecule has 216 valence electrons. The summed E-state index contributed by atoms with van der Waals surface area (Å²) in [7, 11) is 0. The molecule has 1 heterocycles. The number of anilines is 1. The van der Waals surface area contributed by atoms with Crippen LogP contribution in [0.25, 0.3) is 0 Å². The minimum absolute atomic E-state index is 0.382. The summed E-state index contributed by atoms with van der Waals surface area (Å²) < 4.78 is 0. The topological polar surface area (TPSA) is 3.24 Å². The van der Waals surface area contributed by atoms with Gasteiger partial charge in [-0.1, -0.05) is 109 Å². The van der Waals surface area contributed by atoms with Gasteiger partial charge in [0.1, 0.15) is 0 Å². The molecular formula is C38H56BN. The fourth-order valence-electron chi connectivity index (χ4n) is 8.39. The van der Waals surface area contributed by atoms with E-state index in [1.54, 1.807) is 11.0 Å². The summed E-state index contributed by atoms with van der Waals surface area (Å²) in [6.45, 7) is 21.1. The van der Waals surface area contributed by atoms with Gasteiger partial charge >= 0.3 is 0 Å². The van der Waals surface area contributed by atoms with Crippen molar-refractivity contribution in [2.75, 3.05) is 11.4 Å². The molecular weight excluding hydrogens is 481 g/mol. The zero-order valence-corrected chi connectivity index (χ0v) is 26.7. The smallest absolute Gasteiger partial charge is 0.177 e. The fourth-order valence-corrected chi connectivity index (χ4v) is 8.39. The van der Waals surface area contributed by atoms with Crippen LogP contribution in [0.2, 0.25) is 12.6 Å². The number of hydrogen-bond donors (Lipinski definition) is 0. The van der Waals surface area contributed by atoms with Gasteiger partial charge in [-0.2, -0.15) is 0 Å². The zero-order chi connectivity index (χ0) is 28.5. The molecule has 1 aliphatic heterocycles. The molecule has 0 aromatic heterocycles. The summed E-state index contributed by atoms with van der Waals surface area (Å²) in [5.41, 5.74) is 9.67. The lowest BCUT2D eigenvalue weighted by Gasteiger charge is -2.38. The second kappa shape index (κ2) is 12.1. The normalized spacial score (nSPS) is 24.7. The third-order valence-electron chi connectivity index (χ3n) is 11.9. The fraction of sp³-hybridized carbons (Fsp3) is 0.632. The van der Waals surface area contributed by atoms with Crippen molar-refractivity contribution in [1.82, 2.24) is 0 Å². The molecule has 0 amide bonds. The van der Waals surface area contributed by atoms with Gasteiger partial charge in [0.25, 0.3) is 0 Å². The molecule has 1 saturated heterocycles. The Hall–Kier alpha value is -1.96. The molecule has 2 aliphatic carbocycles. The second-order valence-electron chi connectivity index (χ2n) is 15.2. The predicted octanol–water partition coefficient (Wildman–Crippen LogP) is 10.2. The molecule has 3 fully saturated rings. The second-order valence-corrected chi connectivity index (χ2v) is 15.2. The largest absolute Gasteiger partial charge is 0.345 e. The first kappa shape index (κ1) is 29.5. The number of allylic oxidation sites excluding steroid dienone is 1. The molecule has 3 aliphatic rings. The number of nitrogens with zero attached hydrogens (tertiary/aromatic N) is 1. The Labute approximate surface area is 247 Å². The highest BCUT2D eigenvalue weighted by molar-refractivity contribution is 6.74. The summed E-state index contributed by atoms with van der Waals surface area (Å²) in [6, 6.07) is 17.0. The van der Waals surface area contributed by atoms with Crippen LogP contribution in [0.5, 0.6) is 0 Å². The van der Waals surface area contributed by atoms with E-state index >= 15 is 0 Å². The molecule has 0 N–H and O–H groups in total. The highest BCUT2D eigenvalue weighted by Gasteiger charge is 2.48. The Morgan fingerprint density at radius 2 is 1.55 bits per heavy atom. The molecule has 2 aromatic carbocycles. The van der Waals surface area contributed by atoms with Gasteiger partial charge in [-0.15, -0.1) is 0 Å². The van der Waals surface area contributed by atoms with E-state index in [-0.39, 0.29) is 0 Å². The highest BCUT2D eigenvalue weighted by atomic mass is 15.1. The van der Waals surface area contributed by atoms with E-state index in [1.807, 2.05) is 0 Å². The predicted molar refractivity (Wildman–Crippen MR) is 177 cm³/mol. The van der Waals surface area contributed by atoms with Crippen LogP contribution in [0, 0.1) is 29.6 Å². The lowest BCUT2D eigenvalue weighted by Crippen LogP contribution is -2.35. The maximum Gasteiger partial charge on any atom is 0.177 e. The van der Waals surface area contributed by atoms with Crippen molar-refractivity contribution >= 4 is 17.9 Å². The van der Waals surface area contributed by atoms with Crippen molar-refractivity contribution in [2.24, 2.45) is 22.7 Å². The third kappa shape index (κ3) is 6.27. The highest BCUT2D eigenvalue weighted by Crippen LogP contribution is 2.52. The summed E-state index contributed by atoms with van der Waals surface area (Å²) in [6.07, 6.45) is 15.8. The average molecular weight is 538 g/mol. The quantitative estimate of drug-likeness (QED) is 0.303. The van der Waals surface area contributed by atoms with Crippen molar-refractivity contribution in [3.8, 4) is 0 Å². The van der Waals surface area contributed by atoms with Crippen molar-refractivity contribution in [3.05, 3.63) is 71.4 Å². The van der Waals surface area contributed by atoms with E-state index in [0.29, 0.717) is 23.5 Å². The maximum atomic E-state index is 4.81. The van der Waals surface area contributed by atoms with E-state index in [2.05, 4.69) is 88.9 Å². The number of benzene rings is 2. The molecule has 0 radical (unpaired) electrons. The number of aryl methyl sites for hydroxylation is 2. The van der Waals surface area contributed by atoms with Crippen molar-refractivity contribution in [1.29, 1.82) is 0 Å². The molecule has 0 unspecified atom stereocenters. The van der Waals surface area contributed by atoms with Gasteiger partial charge in [0, 0.05) is 17.9 Å². The zero-order valence-electron chi connectivity index (χ0n) is 26.7. The molecule has 5 rings (SSSR count). The molecule has 0 spiro atoms. The summed E-state index contributed by atoms with van der Waals surface area (Å²) >= 11 is 0. The van der Waals surface area contributed by atoms with Crippen molar-refractivity contribution < 1.29 is 0 Å². The molecule has 2 saturated carbocycles. The summed E-state index contributed by atoms with van der Waals surface area (Å²) in [5.74, 6) is 2.13. The summed E-state index contributed by atoms with van der Waals surface area (Å²) in [5, 5.41) is 0. The number of rotatable bonds is 8. The minimum Gasteiger partial charge on any atom is -0.345 e. The Morgan fingerprint density at radius 1 is 0.875 bits per heavy atom. The first-order valence-electron chi connectivity index (χ1n) is 16.7. The van der Waals surface area contributed by atoms with Crippen LogP contribution in [-0.2, 0) is 6.42 Å². The molecule has 40 heavy (non-hydrogen) atoms. The lowest BCUT2D eigenvalue weighted by molar-refractivity contribution is 0.177. The average Bonchev–Trinajstić information content (AvgIpc) is 3.18. The van der Waals surface area contributed by atoms with E-state index in [4.69, 9.17) is 6.58 Å². The van der Waals surface area contributed by atoms with Gasteiger partial charge in [-0.05, 0) is 109 Å². The van der Waals surface area contributed by atoms with Gasteiger partial charge in [0.05, 0.1) is 0 Å². The third-order valence-corrected chi connectivity index (χ3v) is 11.9. The Balaban J connectivity index is 1.32. The Kier molecular flexibility index (Phi) is 8.94. The van der Waals surface area contributed by atoms with Gasteiger partial charge < -0.3 is 4.90 Å². The SMILES string of the molecule is C=C(C1CCCCC1)N(CC1CCC(c2ccc(CC)c(C)c2)CC1)c1cccc(B2CC(C)(C)C(C)(C)C2)c1. The van der Waals surface area contributed by atoms with Gasteiger partial charge in [0.2, 0.25) is 0 Å². The van der Waals surface area contributed by atoms with Crippen molar-refractivity contribution in [3.63, 3.8) is 0 Å². The van der Waals surface area contributed by atoms with E-state index in [1.165, 1.54) is 92.9 Å². The molecule has 2 heteroatoms. The Bertz CT molecular complexity index is 1150. The molecule has 0 atom stereocenters. The van der Waals surface area contributed by atoms with Crippen LogP contribution in [0.3, 0.4) is 0 Å². The first-order chi connectivity index (χ1) is 19.1. The van der Waals surface area contributed by atoms with Gasteiger partial charge in [-0.25, -0.2) is 0 Å². The van der Waals surface area contributed by atoms with Crippen LogP contribution in [-0.4, -0.2) is 13.3 Å². The maximum absolute atomic E-state index is 4.81. The molecule has 2 aromatic rings. The van der Waals surface area contributed by atoms with E-state index < -0.39 is 0 Å². The van der Waals surface area contributed by atoms with Crippen molar-refractivity contribution in [2.45, 2.75) is 124 Å². The first-order valence-corrected chi connectivity index (χ1v) is 16.7. The molecule has 1 nitrogen and oxygen atoms in total. The van der Waals surface area contributed by atoms with E-state index in [0.717, 1.165) is 24.8 Å². The van der Waals surface area contributed by atoms with Crippen LogP contribution in [0.15, 0.2) is 54.7 Å². The standard InChI is InChI=1S/C38H56BN/c1-8-31-21-22-34(23-28(31)2)33-19-17-30(18-20-33)25-40(29(3)32-13-10-9-11-14-32)36-16-12-15-35(24-36)39-26-37(4,5)38(6,7)27-39/h12,15-16,21-24,30,32-33H,3,8-11,13-14,17-20,25-27H2,1-2,4-7H3. The summed E-state index contributed by atoms with van der Waals surface area (Å²) in [4.78, 5) is 2.69. The lowest BCUT2D eigenvalue weighted by atomic mass is 9.42. The van der Waals surface area contributed by atoms with Crippen LogP contribution in [0.1, 0.15) is 115 Å². The van der Waals surface area contributed by atoms with Crippen LogP contribution >= 0.6 is 0 Å². The molecule has 0 bridgehead atoms. The van der Waals surface area contributed by atoms with Crippen LogP contribution in [0.4, 0.5) is 5.69 Å². The Morgan fingerprint density at radius 3 is 2.17 bits per heavy atom.